The minimum atomic E-state index is 0.441. The Balaban J connectivity index is 1.02. The van der Waals surface area contributed by atoms with E-state index in [1.165, 1.54) is 32.7 Å². The molecule has 0 amide bonds. The molecule has 302 valence electrons. The molecule has 0 unspecified atom stereocenters. The Hall–Kier alpha value is -8.47. The molecule has 0 fully saturated rings. The number of benzene rings is 10. The highest BCUT2D eigenvalue weighted by atomic mass is 16.3. The van der Waals surface area contributed by atoms with E-state index in [4.69, 9.17) is 19.6 Å². The number of amidine groups is 1. The average Bonchev–Trinajstić information content (AvgIpc) is 3.94. The molecular formula is C60H40N2O2. The zero-order valence-corrected chi connectivity index (χ0v) is 34.8. The van der Waals surface area contributed by atoms with Gasteiger partial charge in [0, 0.05) is 43.8 Å². The smallest absolute Gasteiger partial charge is 0.143 e. The van der Waals surface area contributed by atoms with Crippen LogP contribution in [-0.2, 0) is 6.42 Å². The van der Waals surface area contributed by atoms with Gasteiger partial charge in [-0.25, -0.2) is 4.99 Å². The third kappa shape index (κ3) is 6.52. The van der Waals surface area contributed by atoms with Gasteiger partial charge in [0.1, 0.15) is 28.2 Å². The number of para-hydroxylation sites is 4. The van der Waals surface area contributed by atoms with Crippen LogP contribution in [0, 0.1) is 0 Å². The molecule has 0 saturated carbocycles. The minimum absolute atomic E-state index is 0.441. The lowest BCUT2D eigenvalue weighted by Gasteiger charge is -2.13. The Morgan fingerprint density at radius 2 is 0.938 bits per heavy atom. The lowest BCUT2D eigenvalue weighted by atomic mass is 9.92. The van der Waals surface area contributed by atoms with Crippen LogP contribution < -0.4 is 5.73 Å². The molecule has 4 heteroatoms. The van der Waals surface area contributed by atoms with Crippen molar-refractivity contribution in [3.63, 3.8) is 0 Å². The lowest BCUT2D eigenvalue weighted by molar-refractivity contribution is 0.670. The zero-order chi connectivity index (χ0) is 42.6. The van der Waals surface area contributed by atoms with Gasteiger partial charge >= 0.3 is 0 Å². The first-order valence-electron chi connectivity index (χ1n) is 21.7. The first-order chi connectivity index (χ1) is 31.6. The van der Waals surface area contributed by atoms with Crippen LogP contribution in [0.2, 0.25) is 0 Å². The first kappa shape index (κ1) is 37.3. The molecule has 2 heterocycles. The van der Waals surface area contributed by atoms with E-state index in [2.05, 4.69) is 164 Å². The summed E-state index contributed by atoms with van der Waals surface area (Å²) < 4.78 is 13.3. The number of hydrogen-bond acceptors (Lipinski definition) is 3. The normalized spacial score (nSPS) is 12.4. The second kappa shape index (κ2) is 15.5. The molecule has 0 radical (unpaired) electrons. The quantitative estimate of drug-likeness (QED) is 0.0943. The Bertz CT molecular complexity index is 3680. The standard InChI is InChI=1S/C60H40N2O2/c61-60(40-14-2-1-3-15-40)62-55(33-30-38-28-31-39(32-29-38)54-37-41-16-4-5-17-45(41)48-18-6-7-19-49(48)54)44-35-42(46-22-12-24-52-50-20-8-10-26-56(50)63-58(46)52)34-43(36-44)47-23-13-25-53-51-21-9-11-27-57(51)64-59(47)53/h1-29,31-37H,30H2,(H2,61,62)/b55-33-. The zero-order valence-electron chi connectivity index (χ0n) is 34.8. The predicted molar refractivity (Wildman–Crippen MR) is 268 cm³/mol. The Kier molecular flexibility index (Phi) is 9.01. The van der Waals surface area contributed by atoms with Gasteiger partial charge < -0.3 is 14.6 Å². The maximum absolute atomic E-state index is 6.88. The van der Waals surface area contributed by atoms with Crippen molar-refractivity contribution in [3.8, 4) is 33.4 Å². The molecule has 0 aliphatic carbocycles. The van der Waals surface area contributed by atoms with E-state index in [9.17, 15) is 0 Å². The Morgan fingerprint density at radius 3 is 1.58 bits per heavy atom. The minimum Gasteiger partial charge on any atom is -0.455 e. The van der Waals surface area contributed by atoms with Crippen LogP contribution in [0.3, 0.4) is 0 Å². The number of furan rings is 2. The van der Waals surface area contributed by atoms with Gasteiger partial charge in [0.05, 0.1) is 5.70 Å². The highest BCUT2D eigenvalue weighted by Crippen LogP contribution is 2.42. The van der Waals surface area contributed by atoms with Crippen LogP contribution in [-0.4, -0.2) is 5.84 Å². The van der Waals surface area contributed by atoms with E-state index in [-0.39, 0.29) is 0 Å². The largest absolute Gasteiger partial charge is 0.455 e. The van der Waals surface area contributed by atoms with Crippen molar-refractivity contribution in [1.29, 1.82) is 0 Å². The molecule has 10 aromatic carbocycles. The second-order valence-corrected chi connectivity index (χ2v) is 16.4. The van der Waals surface area contributed by atoms with Gasteiger partial charge in [-0.05, 0) is 92.2 Å². The van der Waals surface area contributed by atoms with E-state index in [0.29, 0.717) is 12.3 Å². The third-order valence-corrected chi connectivity index (χ3v) is 12.5. The highest BCUT2D eigenvalue weighted by Gasteiger charge is 2.18. The van der Waals surface area contributed by atoms with Crippen LogP contribution in [0.1, 0.15) is 16.7 Å². The number of hydrogen-bond donors (Lipinski definition) is 1. The van der Waals surface area contributed by atoms with Gasteiger partial charge in [-0.15, -0.1) is 0 Å². The van der Waals surface area contributed by atoms with Gasteiger partial charge in [-0.1, -0.05) is 182 Å². The van der Waals surface area contributed by atoms with Gasteiger partial charge in [0.15, 0.2) is 0 Å². The van der Waals surface area contributed by atoms with Crippen molar-refractivity contribution >= 4 is 77.0 Å². The molecule has 0 saturated heterocycles. The molecule has 0 aliphatic rings. The van der Waals surface area contributed by atoms with Crippen LogP contribution >= 0.6 is 0 Å². The summed E-state index contributed by atoms with van der Waals surface area (Å²) in [6.07, 6.45) is 2.83. The number of nitrogens with zero attached hydrogens (tertiary/aromatic N) is 1. The van der Waals surface area contributed by atoms with Crippen molar-refractivity contribution < 1.29 is 8.83 Å². The lowest BCUT2D eigenvalue weighted by Crippen LogP contribution is -2.13. The topological polar surface area (TPSA) is 64.7 Å². The molecule has 0 aliphatic heterocycles. The number of rotatable bonds is 8. The third-order valence-electron chi connectivity index (χ3n) is 12.5. The first-order valence-corrected chi connectivity index (χ1v) is 21.7. The predicted octanol–water partition coefficient (Wildman–Crippen LogP) is 15.8. The summed E-state index contributed by atoms with van der Waals surface area (Å²) in [5.74, 6) is 0.441. The number of aliphatic imine (C=N–C) groups is 1. The summed E-state index contributed by atoms with van der Waals surface area (Å²) in [5, 5.41) is 9.32. The summed E-state index contributed by atoms with van der Waals surface area (Å²) in [6, 6.07) is 74.4. The van der Waals surface area contributed by atoms with Gasteiger partial charge in [-0.3, -0.25) is 0 Å². The van der Waals surface area contributed by atoms with E-state index >= 15 is 0 Å². The van der Waals surface area contributed by atoms with Gasteiger partial charge in [0.25, 0.3) is 0 Å². The average molecular weight is 821 g/mol. The van der Waals surface area contributed by atoms with Crippen LogP contribution in [0.25, 0.3) is 104 Å². The number of nitrogens with two attached hydrogens (primary N) is 1. The summed E-state index contributed by atoms with van der Waals surface area (Å²) >= 11 is 0. The summed E-state index contributed by atoms with van der Waals surface area (Å²) in [4.78, 5) is 5.23. The SMILES string of the molecule is NC(=N/C(=C\Cc1ccc(-c2cc3ccccc3c3ccccc23)cc1)c1cc(-c2cccc3c2oc2ccccc23)cc(-c2cccc3c2oc2ccccc23)c1)c1ccccc1. The molecule has 12 aromatic rings. The molecular weight excluding hydrogens is 781 g/mol. The highest BCUT2D eigenvalue weighted by molar-refractivity contribution is 6.14. The molecule has 2 N–H and O–H groups in total. The maximum Gasteiger partial charge on any atom is 0.143 e. The fourth-order valence-corrected chi connectivity index (χ4v) is 9.39. The number of fused-ring (bicyclic) bond motifs is 9. The maximum atomic E-state index is 6.88. The van der Waals surface area contributed by atoms with Crippen molar-refractivity contribution in [2.75, 3.05) is 0 Å². The summed E-state index contributed by atoms with van der Waals surface area (Å²) in [6.45, 7) is 0. The van der Waals surface area contributed by atoms with Gasteiger partial charge in [0.2, 0.25) is 0 Å². The molecule has 12 rings (SSSR count). The molecule has 0 bridgehead atoms. The summed E-state index contributed by atoms with van der Waals surface area (Å²) in [5.41, 5.74) is 20.4. The van der Waals surface area contributed by atoms with Crippen molar-refractivity contribution in [2.24, 2.45) is 10.7 Å². The molecule has 4 nitrogen and oxygen atoms in total. The van der Waals surface area contributed by atoms with Crippen LogP contribution in [0.5, 0.6) is 0 Å². The van der Waals surface area contributed by atoms with E-state index in [1.807, 2.05) is 54.6 Å². The second-order valence-electron chi connectivity index (χ2n) is 16.4. The number of allylic oxidation sites excluding steroid dienone is 1. The van der Waals surface area contributed by atoms with E-state index in [0.717, 1.165) is 88.5 Å². The Labute approximate surface area is 369 Å². The fraction of sp³-hybridized carbons (Fsp3) is 0.0167. The molecule has 0 atom stereocenters. The summed E-state index contributed by atoms with van der Waals surface area (Å²) in [7, 11) is 0. The Morgan fingerprint density at radius 1 is 0.406 bits per heavy atom. The van der Waals surface area contributed by atoms with Gasteiger partial charge in [-0.2, -0.15) is 0 Å². The van der Waals surface area contributed by atoms with Crippen LogP contribution in [0.4, 0.5) is 0 Å². The fourth-order valence-electron chi connectivity index (χ4n) is 9.39. The van der Waals surface area contributed by atoms with E-state index in [1.54, 1.807) is 0 Å². The van der Waals surface area contributed by atoms with Crippen molar-refractivity contribution in [3.05, 3.63) is 235 Å². The molecule has 0 spiro atoms. The monoisotopic (exact) mass is 820 g/mol. The van der Waals surface area contributed by atoms with Crippen molar-refractivity contribution in [2.45, 2.75) is 6.42 Å². The molecule has 64 heavy (non-hydrogen) atoms. The van der Waals surface area contributed by atoms with Crippen molar-refractivity contribution in [1.82, 2.24) is 0 Å². The van der Waals surface area contributed by atoms with Crippen LogP contribution in [0.15, 0.2) is 232 Å². The van der Waals surface area contributed by atoms with E-state index < -0.39 is 0 Å². The molecule has 2 aromatic heterocycles.